The molecule has 2 atom stereocenters. The van der Waals surface area contributed by atoms with Gasteiger partial charge < -0.3 is 20.5 Å². The average Bonchev–Trinajstić information content (AvgIpc) is 2.83. The normalized spacial score (nSPS) is 20.6. The van der Waals surface area contributed by atoms with E-state index < -0.39 is 18.6 Å². The number of nitrogens with one attached hydrogen (secondary N) is 2. The smallest absolute Gasteiger partial charge is 0.387 e. The van der Waals surface area contributed by atoms with Crippen LogP contribution in [0.15, 0.2) is 18.2 Å². The Kier molecular flexibility index (Phi) is 7.28. The van der Waals surface area contributed by atoms with Crippen molar-refractivity contribution in [2.24, 2.45) is 5.92 Å². The van der Waals surface area contributed by atoms with Crippen molar-refractivity contribution in [3.05, 3.63) is 28.8 Å². The highest BCUT2D eigenvalue weighted by molar-refractivity contribution is 6.31. The number of benzene rings is 1. The van der Waals surface area contributed by atoms with Crippen LogP contribution in [0, 0.1) is 5.92 Å². The topological polar surface area (TPSA) is 70.6 Å². The number of rotatable bonds is 5. The Morgan fingerprint density at radius 2 is 2.23 bits per heavy atom. The van der Waals surface area contributed by atoms with Crippen LogP contribution in [0.5, 0.6) is 5.75 Å². The van der Waals surface area contributed by atoms with E-state index in [2.05, 4.69) is 15.4 Å². The highest BCUT2D eigenvalue weighted by Gasteiger charge is 2.26. The summed E-state index contributed by atoms with van der Waals surface area (Å²) in [6, 6.07) is 3.84. The maximum atomic E-state index is 12.3. The molecule has 2 rings (SSSR count). The number of hydrogen-bond acceptors (Lipinski definition) is 4. The summed E-state index contributed by atoms with van der Waals surface area (Å²) in [6.07, 6.45) is -0.540. The summed E-state index contributed by atoms with van der Waals surface area (Å²) in [5.41, 5.74) is -0.0664. The Balaban J connectivity index is 0.00000242. The predicted octanol–water partition coefficient (Wildman–Crippen LogP) is 1.67. The maximum Gasteiger partial charge on any atom is 0.387 e. The molecule has 1 aromatic rings. The van der Waals surface area contributed by atoms with E-state index in [9.17, 15) is 18.7 Å². The minimum atomic E-state index is -3.03. The number of aliphatic hydroxyl groups is 1. The molecule has 1 fully saturated rings. The van der Waals surface area contributed by atoms with Crippen molar-refractivity contribution < 1.29 is 23.4 Å². The summed E-state index contributed by atoms with van der Waals surface area (Å²) < 4.78 is 28.9. The number of carbonyl (C=O) groups excluding carboxylic acids is 1. The van der Waals surface area contributed by atoms with Gasteiger partial charge in [-0.1, -0.05) is 11.6 Å². The summed E-state index contributed by atoms with van der Waals surface area (Å²) in [5, 5.41) is 15.4. The Labute approximate surface area is 137 Å². The van der Waals surface area contributed by atoms with Crippen LogP contribution in [-0.2, 0) is 0 Å². The number of aliphatic hydroxyl groups excluding tert-OH is 1. The van der Waals surface area contributed by atoms with Gasteiger partial charge in [0.1, 0.15) is 5.75 Å². The third kappa shape index (κ3) is 4.95. The number of carbonyl (C=O) groups is 1. The van der Waals surface area contributed by atoms with Crippen LogP contribution in [0.4, 0.5) is 8.78 Å². The molecule has 1 heterocycles. The lowest BCUT2D eigenvalue weighted by Gasteiger charge is -2.15. The fraction of sp³-hybridized carbons (Fsp3) is 0.462. The van der Waals surface area contributed by atoms with E-state index >= 15 is 0 Å². The molecule has 22 heavy (non-hydrogen) atoms. The van der Waals surface area contributed by atoms with Gasteiger partial charge in [0.2, 0.25) is 0 Å². The second-order valence-electron chi connectivity index (χ2n) is 4.71. The lowest BCUT2D eigenvalue weighted by atomic mass is 10.1. The Morgan fingerprint density at radius 3 is 2.82 bits per heavy atom. The van der Waals surface area contributed by atoms with Crippen molar-refractivity contribution in [2.75, 3.05) is 19.6 Å². The fourth-order valence-electron chi connectivity index (χ4n) is 2.12. The van der Waals surface area contributed by atoms with E-state index in [1.54, 1.807) is 0 Å². The summed E-state index contributed by atoms with van der Waals surface area (Å²) in [7, 11) is 0. The third-order valence-electron chi connectivity index (χ3n) is 3.23. The van der Waals surface area contributed by atoms with Crippen molar-refractivity contribution in [3.8, 4) is 5.75 Å². The third-order valence-corrected chi connectivity index (χ3v) is 3.47. The molecule has 1 aliphatic heterocycles. The van der Waals surface area contributed by atoms with E-state index in [1.165, 1.54) is 18.2 Å². The zero-order valence-electron chi connectivity index (χ0n) is 11.4. The number of amides is 1. The Morgan fingerprint density at radius 1 is 1.50 bits per heavy atom. The van der Waals surface area contributed by atoms with Crippen LogP contribution in [0.1, 0.15) is 10.4 Å². The molecule has 0 saturated carbocycles. The van der Waals surface area contributed by atoms with E-state index in [4.69, 9.17) is 11.6 Å². The monoisotopic (exact) mass is 356 g/mol. The van der Waals surface area contributed by atoms with Gasteiger partial charge in [-0.15, -0.1) is 12.4 Å². The van der Waals surface area contributed by atoms with E-state index in [0.29, 0.717) is 13.1 Å². The quantitative estimate of drug-likeness (QED) is 0.750. The Hall–Kier alpha value is -1.15. The minimum absolute atomic E-state index is 0. The number of β-amino-alcohol motifs (C(OH)–C–C–N with tert-alkyl or cyclic N) is 1. The lowest BCUT2D eigenvalue weighted by molar-refractivity contribution is -0.0501. The lowest BCUT2D eigenvalue weighted by Crippen LogP contribution is -2.34. The van der Waals surface area contributed by atoms with Crippen molar-refractivity contribution >= 4 is 29.9 Å². The number of ether oxygens (including phenoxy) is 1. The molecule has 1 aliphatic rings. The van der Waals surface area contributed by atoms with Crippen molar-refractivity contribution in [1.82, 2.24) is 10.6 Å². The summed E-state index contributed by atoms with van der Waals surface area (Å²) in [6.45, 7) is -1.75. The summed E-state index contributed by atoms with van der Waals surface area (Å²) >= 11 is 5.77. The molecule has 1 aromatic carbocycles. The van der Waals surface area contributed by atoms with Gasteiger partial charge >= 0.3 is 6.61 Å². The van der Waals surface area contributed by atoms with Gasteiger partial charge in [0, 0.05) is 30.6 Å². The second kappa shape index (κ2) is 8.47. The molecule has 0 radical (unpaired) electrons. The first-order valence-corrected chi connectivity index (χ1v) is 6.76. The molecule has 1 saturated heterocycles. The van der Waals surface area contributed by atoms with E-state index in [0.717, 1.165) is 0 Å². The minimum Gasteiger partial charge on any atom is -0.434 e. The van der Waals surface area contributed by atoms with Gasteiger partial charge in [-0.2, -0.15) is 8.78 Å². The fourth-order valence-corrected chi connectivity index (χ4v) is 2.30. The van der Waals surface area contributed by atoms with E-state index in [1.807, 2.05) is 0 Å². The van der Waals surface area contributed by atoms with Gasteiger partial charge in [0.05, 0.1) is 11.7 Å². The van der Waals surface area contributed by atoms with Crippen molar-refractivity contribution in [2.45, 2.75) is 12.7 Å². The maximum absolute atomic E-state index is 12.3. The SMILES string of the molecule is Cl.O=C(NCC1CNCC1O)c1cc(Cl)ccc1OC(F)F. The average molecular weight is 357 g/mol. The standard InChI is InChI=1S/C13H15ClF2N2O3.ClH/c14-8-1-2-11(21-13(15)16)9(3-8)12(20)18-5-7-4-17-6-10(7)19;/h1-3,7,10,13,17,19H,4-6H2,(H,18,20);1H. The summed E-state index contributed by atoms with van der Waals surface area (Å²) in [4.78, 5) is 12.1. The molecule has 9 heteroatoms. The molecule has 0 spiro atoms. The molecule has 2 unspecified atom stereocenters. The largest absolute Gasteiger partial charge is 0.434 e. The van der Waals surface area contributed by atoms with Crippen molar-refractivity contribution in [1.29, 1.82) is 0 Å². The number of alkyl halides is 2. The number of halogens is 4. The van der Waals surface area contributed by atoms with E-state index in [-0.39, 0.29) is 41.2 Å². The van der Waals surface area contributed by atoms with Gasteiger partial charge in [-0.3, -0.25) is 4.79 Å². The number of hydrogen-bond donors (Lipinski definition) is 3. The molecule has 0 bridgehead atoms. The van der Waals surface area contributed by atoms with Gasteiger partial charge in [0.15, 0.2) is 0 Å². The van der Waals surface area contributed by atoms with Crippen LogP contribution < -0.4 is 15.4 Å². The van der Waals surface area contributed by atoms with Crippen LogP contribution in [0.3, 0.4) is 0 Å². The first-order chi connectivity index (χ1) is 9.97. The highest BCUT2D eigenvalue weighted by atomic mass is 35.5. The second-order valence-corrected chi connectivity index (χ2v) is 5.15. The molecule has 0 aliphatic carbocycles. The highest BCUT2D eigenvalue weighted by Crippen LogP contribution is 2.24. The molecule has 3 N–H and O–H groups in total. The first kappa shape index (κ1) is 18.9. The zero-order valence-corrected chi connectivity index (χ0v) is 13.0. The zero-order chi connectivity index (χ0) is 15.4. The molecule has 5 nitrogen and oxygen atoms in total. The first-order valence-electron chi connectivity index (χ1n) is 6.38. The van der Waals surface area contributed by atoms with Crippen molar-refractivity contribution in [3.63, 3.8) is 0 Å². The molecule has 124 valence electrons. The Bertz CT molecular complexity index is 520. The molecule has 0 aromatic heterocycles. The van der Waals surface area contributed by atoms with Crippen LogP contribution in [0.25, 0.3) is 0 Å². The van der Waals surface area contributed by atoms with Crippen LogP contribution in [-0.4, -0.2) is 43.4 Å². The van der Waals surface area contributed by atoms with Gasteiger partial charge in [0.25, 0.3) is 5.91 Å². The summed E-state index contributed by atoms with van der Waals surface area (Å²) in [5.74, 6) is -0.933. The van der Waals surface area contributed by atoms with Crippen LogP contribution >= 0.6 is 24.0 Å². The van der Waals surface area contributed by atoms with Crippen LogP contribution in [0.2, 0.25) is 5.02 Å². The van der Waals surface area contributed by atoms with Gasteiger partial charge in [-0.25, -0.2) is 0 Å². The molecular formula is C13H16Cl2F2N2O3. The van der Waals surface area contributed by atoms with Gasteiger partial charge in [-0.05, 0) is 18.2 Å². The molecule has 1 amide bonds. The predicted molar refractivity (Wildman–Crippen MR) is 80.0 cm³/mol. The molecular weight excluding hydrogens is 341 g/mol.